The topological polar surface area (TPSA) is 88.6 Å². The number of benzene rings is 2. The lowest BCUT2D eigenvalue weighted by atomic mass is 9.99. The standard InChI is InChI=1S/C21H23N3O4S2/c1-13-9-15(3)18(10-14(13)2)19-12-29-21(22-19)23-20(25)16-7-6-8-17(11-16)30(26,27)24(4)28-5/h6-12H,1-5H3,(H,22,23,25). The van der Waals surface area contributed by atoms with Crippen molar-refractivity contribution in [3.05, 3.63) is 64.0 Å². The van der Waals surface area contributed by atoms with Gasteiger partial charge < -0.3 is 0 Å². The van der Waals surface area contributed by atoms with Crippen molar-refractivity contribution in [2.45, 2.75) is 25.7 Å². The van der Waals surface area contributed by atoms with Crippen molar-refractivity contribution < 1.29 is 18.0 Å². The van der Waals surface area contributed by atoms with E-state index in [9.17, 15) is 13.2 Å². The number of carbonyl (C=O) groups is 1. The van der Waals surface area contributed by atoms with E-state index in [-0.39, 0.29) is 10.5 Å². The third-order valence-corrected chi connectivity index (χ3v) is 7.26. The van der Waals surface area contributed by atoms with Crippen molar-refractivity contribution in [1.82, 2.24) is 9.45 Å². The summed E-state index contributed by atoms with van der Waals surface area (Å²) >= 11 is 1.31. The van der Waals surface area contributed by atoms with Crippen LogP contribution in [0, 0.1) is 20.8 Å². The van der Waals surface area contributed by atoms with Gasteiger partial charge in [0.05, 0.1) is 17.7 Å². The fourth-order valence-electron chi connectivity index (χ4n) is 2.90. The van der Waals surface area contributed by atoms with E-state index in [4.69, 9.17) is 4.84 Å². The Kier molecular flexibility index (Phi) is 6.37. The van der Waals surface area contributed by atoms with Gasteiger partial charge in [-0.3, -0.25) is 14.9 Å². The maximum Gasteiger partial charge on any atom is 0.264 e. The molecule has 1 aromatic heterocycles. The molecule has 3 rings (SSSR count). The average molecular weight is 446 g/mol. The number of rotatable bonds is 6. The normalized spacial score (nSPS) is 11.7. The number of carbonyl (C=O) groups excluding carboxylic acids is 1. The molecule has 1 amide bonds. The Morgan fingerprint density at radius 2 is 1.80 bits per heavy atom. The van der Waals surface area contributed by atoms with E-state index in [0.717, 1.165) is 21.3 Å². The van der Waals surface area contributed by atoms with Crippen LogP contribution in [0.2, 0.25) is 0 Å². The number of amides is 1. The molecular formula is C21H23N3O4S2. The summed E-state index contributed by atoms with van der Waals surface area (Å²) in [6, 6.07) is 9.98. The zero-order valence-electron chi connectivity index (χ0n) is 17.4. The lowest BCUT2D eigenvalue weighted by molar-refractivity contribution is -0.0258. The average Bonchev–Trinajstić information content (AvgIpc) is 3.18. The second-order valence-corrected chi connectivity index (χ2v) is 9.66. The van der Waals surface area contributed by atoms with Crippen molar-refractivity contribution in [3.8, 4) is 11.3 Å². The fourth-order valence-corrected chi connectivity index (χ4v) is 4.63. The fraction of sp³-hybridized carbons (Fsp3) is 0.238. The molecule has 0 bridgehead atoms. The molecule has 7 nitrogen and oxygen atoms in total. The van der Waals surface area contributed by atoms with Crippen LogP contribution in [-0.2, 0) is 14.9 Å². The Morgan fingerprint density at radius 1 is 1.10 bits per heavy atom. The van der Waals surface area contributed by atoms with Crippen molar-refractivity contribution in [1.29, 1.82) is 0 Å². The molecule has 0 fully saturated rings. The van der Waals surface area contributed by atoms with Crippen molar-refractivity contribution in [2.24, 2.45) is 0 Å². The van der Waals surface area contributed by atoms with Crippen molar-refractivity contribution in [2.75, 3.05) is 19.5 Å². The number of thiazole rings is 1. The Bertz CT molecular complexity index is 1200. The van der Waals surface area contributed by atoms with Gasteiger partial charge in [0, 0.05) is 23.6 Å². The second kappa shape index (κ2) is 8.65. The number of hydrogen-bond donors (Lipinski definition) is 1. The monoisotopic (exact) mass is 445 g/mol. The van der Waals surface area contributed by atoms with E-state index in [1.807, 2.05) is 12.3 Å². The van der Waals surface area contributed by atoms with E-state index in [1.165, 1.54) is 54.8 Å². The summed E-state index contributed by atoms with van der Waals surface area (Å²) in [5.41, 5.74) is 5.52. The van der Waals surface area contributed by atoms with Gasteiger partial charge in [0.15, 0.2) is 5.13 Å². The van der Waals surface area contributed by atoms with Crippen LogP contribution in [0.1, 0.15) is 27.0 Å². The molecule has 0 spiro atoms. The molecule has 3 aromatic rings. The number of hydrogen-bond acceptors (Lipinski definition) is 6. The van der Waals surface area contributed by atoms with Gasteiger partial charge in [0.2, 0.25) is 0 Å². The number of nitrogens with one attached hydrogen (secondary N) is 1. The third kappa shape index (κ3) is 4.44. The molecule has 1 heterocycles. The number of aryl methyl sites for hydroxylation is 3. The predicted octanol–water partition coefficient (Wildman–Crippen LogP) is 4.17. The number of nitrogens with zero attached hydrogens (tertiary/aromatic N) is 2. The Labute approximate surface area is 180 Å². The maximum absolute atomic E-state index is 12.7. The highest BCUT2D eigenvalue weighted by molar-refractivity contribution is 7.89. The minimum atomic E-state index is -3.84. The molecule has 2 aromatic carbocycles. The number of anilines is 1. The van der Waals surface area contributed by atoms with E-state index < -0.39 is 15.9 Å². The smallest absolute Gasteiger partial charge is 0.264 e. The highest BCUT2D eigenvalue weighted by Crippen LogP contribution is 2.29. The molecule has 1 N–H and O–H groups in total. The van der Waals surface area contributed by atoms with Crippen LogP contribution in [0.3, 0.4) is 0 Å². The Morgan fingerprint density at radius 3 is 2.50 bits per heavy atom. The van der Waals surface area contributed by atoms with E-state index >= 15 is 0 Å². The lowest BCUT2D eigenvalue weighted by Gasteiger charge is -2.14. The number of aromatic nitrogens is 1. The maximum atomic E-state index is 12.7. The van der Waals surface area contributed by atoms with Gasteiger partial charge in [-0.15, -0.1) is 11.3 Å². The van der Waals surface area contributed by atoms with Crippen molar-refractivity contribution in [3.63, 3.8) is 0 Å². The molecule has 0 saturated heterocycles. The zero-order chi connectivity index (χ0) is 22.1. The molecule has 0 aliphatic heterocycles. The summed E-state index contributed by atoms with van der Waals surface area (Å²) in [5, 5.41) is 5.07. The van der Waals surface area contributed by atoms with Crippen LogP contribution in [-0.4, -0.2) is 37.9 Å². The molecular weight excluding hydrogens is 422 g/mol. The first kappa shape index (κ1) is 22.1. The summed E-state index contributed by atoms with van der Waals surface area (Å²) in [4.78, 5) is 21.9. The van der Waals surface area contributed by atoms with Gasteiger partial charge in [-0.25, -0.2) is 13.4 Å². The molecule has 0 radical (unpaired) electrons. The first-order valence-corrected chi connectivity index (χ1v) is 11.4. The molecule has 0 atom stereocenters. The molecule has 9 heteroatoms. The van der Waals surface area contributed by atoms with Crippen LogP contribution >= 0.6 is 11.3 Å². The van der Waals surface area contributed by atoms with E-state index in [2.05, 4.69) is 36.3 Å². The van der Waals surface area contributed by atoms with Gasteiger partial charge >= 0.3 is 0 Å². The Hall–Kier alpha value is -2.59. The molecule has 0 aliphatic rings. The van der Waals surface area contributed by atoms with E-state index in [0.29, 0.717) is 5.13 Å². The minimum Gasteiger partial charge on any atom is -0.298 e. The minimum absolute atomic E-state index is 0.0370. The van der Waals surface area contributed by atoms with Gasteiger partial charge in [0.1, 0.15) is 0 Å². The zero-order valence-corrected chi connectivity index (χ0v) is 19.0. The van der Waals surface area contributed by atoms with Crippen LogP contribution in [0.5, 0.6) is 0 Å². The van der Waals surface area contributed by atoms with Gasteiger partial charge in [-0.05, 0) is 61.7 Å². The van der Waals surface area contributed by atoms with Gasteiger partial charge in [-0.1, -0.05) is 16.6 Å². The number of hydroxylamine groups is 1. The molecule has 0 saturated carbocycles. The predicted molar refractivity (Wildman–Crippen MR) is 118 cm³/mol. The largest absolute Gasteiger partial charge is 0.298 e. The Balaban J connectivity index is 1.83. The first-order valence-electron chi connectivity index (χ1n) is 9.11. The summed E-state index contributed by atoms with van der Waals surface area (Å²) in [6.07, 6.45) is 0. The second-order valence-electron chi connectivity index (χ2n) is 6.87. The van der Waals surface area contributed by atoms with Crippen LogP contribution < -0.4 is 5.32 Å². The molecule has 0 unspecified atom stereocenters. The van der Waals surface area contributed by atoms with Crippen LogP contribution in [0.25, 0.3) is 11.3 Å². The van der Waals surface area contributed by atoms with Crippen LogP contribution in [0.15, 0.2) is 46.7 Å². The highest BCUT2D eigenvalue weighted by atomic mass is 32.2. The summed E-state index contributed by atoms with van der Waals surface area (Å²) in [5.74, 6) is -0.440. The van der Waals surface area contributed by atoms with Gasteiger partial charge in [0.25, 0.3) is 15.9 Å². The molecule has 158 valence electrons. The summed E-state index contributed by atoms with van der Waals surface area (Å²) in [6.45, 7) is 6.15. The SMILES string of the molecule is CON(C)S(=O)(=O)c1cccc(C(=O)Nc2nc(-c3cc(C)c(C)cc3C)cs2)c1. The third-order valence-electron chi connectivity index (χ3n) is 4.83. The quantitative estimate of drug-likeness (QED) is 0.575. The van der Waals surface area contributed by atoms with Crippen LogP contribution in [0.4, 0.5) is 5.13 Å². The summed E-state index contributed by atoms with van der Waals surface area (Å²) < 4.78 is 25.5. The van der Waals surface area contributed by atoms with Gasteiger partial charge in [-0.2, -0.15) is 0 Å². The number of sulfonamides is 1. The van der Waals surface area contributed by atoms with E-state index in [1.54, 1.807) is 6.07 Å². The highest BCUT2D eigenvalue weighted by Gasteiger charge is 2.22. The lowest BCUT2D eigenvalue weighted by Crippen LogP contribution is -2.26. The summed E-state index contributed by atoms with van der Waals surface area (Å²) in [7, 11) is -1.30. The molecule has 0 aliphatic carbocycles. The van der Waals surface area contributed by atoms with Crippen molar-refractivity contribution >= 4 is 32.4 Å². The molecule has 30 heavy (non-hydrogen) atoms. The first-order chi connectivity index (χ1) is 14.1.